The third kappa shape index (κ3) is 3.80. The van der Waals surface area contributed by atoms with Crippen LogP contribution in [-0.2, 0) is 4.79 Å². The number of amides is 1. The van der Waals surface area contributed by atoms with E-state index in [0.29, 0.717) is 10.9 Å². The lowest BCUT2D eigenvalue weighted by molar-refractivity contribution is -0.122. The molecule has 0 spiro atoms. The molecule has 1 fully saturated rings. The van der Waals surface area contributed by atoms with Crippen LogP contribution in [0.25, 0.3) is 0 Å². The Balaban J connectivity index is 1.64. The van der Waals surface area contributed by atoms with Crippen LogP contribution >= 0.6 is 11.6 Å². The standard InChI is InChI=1S/C19H19ClN2O/c1-2-18(14-9-6-10-15(20)11-14)21-22-19(23)17-12-16(17)13-7-4-3-5-8-13/h3-11,16-17H,2,12H2,1H3,(H,22,23)/t16-,17-/m0/s1. The van der Waals surface area contributed by atoms with Crippen LogP contribution in [0.5, 0.6) is 0 Å². The molecule has 0 aliphatic heterocycles. The van der Waals surface area contributed by atoms with Gasteiger partial charge in [0.05, 0.1) is 5.71 Å². The fourth-order valence-electron chi connectivity index (χ4n) is 2.77. The Morgan fingerprint density at radius 3 is 2.70 bits per heavy atom. The number of carbonyl (C=O) groups is 1. The lowest BCUT2D eigenvalue weighted by atomic mass is 10.1. The molecular formula is C19H19ClN2O. The number of hydrogen-bond acceptors (Lipinski definition) is 2. The van der Waals surface area contributed by atoms with E-state index in [-0.39, 0.29) is 11.8 Å². The fraction of sp³-hybridized carbons (Fsp3) is 0.263. The molecule has 3 nitrogen and oxygen atoms in total. The number of nitrogens with one attached hydrogen (secondary N) is 1. The quantitative estimate of drug-likeness (QED) is 0.643. The molecule has 0 aromatic heterocycles. The van der Waals surface area contributed by atoms with Crippen molar-refractivity contribution in [2.75, 3.05) is 0 Å². The molecule has 2 aromatic carbocycles. The zero-order chi connectivity index (χ0) is 16.2. The molecule has 1 aliphatic rings. The summed E-state index contributed by atoms with van der Waals surface area (Å²) in [6.45, 7) is 2.01. The fourth-order valence-corrected chi connectivity index (χ4v) is 2.96. The van der Waals surface area contributed by atoms with Crippen molar-refractivity contribution in [1.29, 1.82) is 0 Å². The molecule has 0 saturated heterocycles. The zero-order valence-electron chi connectivity index (χ0n) is 13.0. The van der Waals surface area contributed by atoms with Crippen molar-refractivity contribution in [1.82, 2.24) is 5.43 Å². The first kappa shape index (κ1) is 15.8. The maximum absolute atomic E-state index is 12.3. The highest BCUT2D eigenvalue weighted by Crippen LogP contribution is 2.47. The summed E-state index contributed by atoms with van der Waals surface area (Å²) in [5.74, 6) is 0.341. The van der Waals surface area contributed by atoms with E-state index in [4.69, 9.17) is 11.6 Å². The number of nitrogens with zero attached hydrogens (tertiary/aromatic N) is 1. The van der Waals surface area contributed by atoms with E-state index in [0.717, 1.165) is 24.1 Å². The highest BCUT2D eigenvalue weighted by atomic mass is 35.5. The van der Waals surface area contributed by atoms with Gasteiger partial charge in [0.2, 0.25) is 5.91 Å². The van der Waals surface area contributed by atoms with E-state index in [1.165, 1.54) is 5.56 Å². The van der Waals surface area contributed by atoms with Gasteiger partial charge in [0, 0.05) is 10.9 Å². The number of benzene rings is 2. The van der Waals surface area contributed by atoms with Crippen molar-refractivity contribution in [3.8, 4) is 0 Å². The number of hydrazone groups is 1. The molecule has 0 radical (unpaired) electrons. The summed E-state index contributed by atoms with van der Waals surface area (Å²) >= 11 is 6.01. The van der Waals surface area contributed by atoms with Crippen LogP contribution in [0.2, 0.25) is 5.02 Å². The third-order valence-corrected chi connectivity index (χ3v) is 4.38. The Labute approximate surface area is 141 Å². The summed E-state index contributed by atoms with van der Waals surface area (Å²) in [6.07, 6.45) is 1.62. The van der Waals surface area contributed by atoms with Gasteiger partial charge in [0.15, 0.2) is 0 Å². The molecule has 0 bridgehead atoms. The van der Waals surface area contributed by atoms with E-state index in [9.17, 15) is 4.79 Å². The Hall–Kier alpha value is -2.13. The van der Waals surface area contributed by atoms with E-state index in [1.54, 1.807) is 0 Å². The summed E-state index contributed by atoms with van der Waals surface area (Å²) in [4.78, 5) is 12.3. The Morgan fingerprint density at radius 1 is 1.22 bits per heavy atom. The van der Waals surface area contributed by atoms with Gasteiger partial charge in [0.25, 0.3) is 0 Å². The van der Waals surface area contributed by atoms with Crippen LogP contribution in [0.3, 0.4) is 0 Å². The van der Waals surface area contributed by atoms with Crippen molar-refractivity contribution >= 4 is 23.2 Å². The SMILES string of the molecule is CCC(=NNC(=O)[C@H]1C[C@H]1c1ccccc1)c1cccc(Cl)c1. The van der Waals surface area contributed by atoms with E-state index in [1.807, 2.05) is 49.4 Å². The van der Waals surface area contributed by atoms with Gasteiger partial charge in [-0.25, -0.2) is 5.43 Å². The number of hydrogen-bond donors (Lipinski definition) is 1. The molecule has 23 heavy (non-hydrogen) atoms. The second-order valence-corrected chi connectivity index (χ2v) is 6.19. The molecule has 3 rings (SSSR count). The lowest BCUT2D eigenvalue weighted by Crippen LogP contribution is -2.22. The van der Waals surface area contributed by atoms with Gasteiger partial charge in [-0.2, -0.15) is 5.10 Å². The molecule has 1 aliphatic carbocycles. The Morgan fingerprint density at radius 2 is 2.00 bits per heavy atom. The summed E-state index contributed by atoms with van der Waals surface area (Å²) in [5.41, 5.74) is 5.72. The van der Waals surface area contributed by atoms with E-state index < -0.39 is 0 Å². The number of halogens is 1. The van der Waals surface area contributed by atoms with Gasteiger partial charge in [-0.1, -0.05) is 61.0 Å². The zero-order valence-corrected chi connectivity index (χ0v) is 13.8. The number of carbonyl (C=O) groups excluding carboxylic acids is 1. The average Bonchev–Trinajstić information content (AvgIpc) is 3.37. The van der Waals surface area contributed by atoms with Crippen LogP contribution in [0.4, 0.5) is 0 Å². The summed E-state index contributed by atoms with van der Waals surface area (Å²) in [6, 6.07) is 17.7. The van der Waals surface area contributed by atoms with Crippen LogP contribution in [0.1, 0.15) is 36.8 Å². The summed E-state index contributed by atoms with van der Waals surface area (Å²) < 4.78 is 0. The molecular weight excluding hydrogens is 308 g/mol. The van der Waals surface area contributed by atoms with Gasteiger partial charge in [-0.15, -0.1) is 0 Å². The van der Waals surface area contributed by atoms with Gasteiger partial charge in [-0.3, -0.25) is 4.79 Å². The topological polar surface area (TPSA) is 41.5 Å². The third-order valence-electron chi connectivity index (χ3n) is 4.15. The molecule has 118 valence electrons. The second-order valence-electron chi connectivity index (χ2n) is 5.76. The van der Waals surface area contributed by atoms with Gasteiger partial charge < -0.3 is 0 Å². The molecule has 1 N–H and O–H groups in total. The van der Waals surface area contributed by atoms with Crippen LogP contribution in [-0.4, -0.2) is 11.6 Å². The monoisotopic (exact) mass is 326 g/mol. The molecule has 1 amide bonds. The molecule has 0 heterocycles. The maximum Gasteiger partial charge on any atom is 0.243 e. The Kier molecular flexibility index (Phi) is 4.77. The molecule has 2 aromatic rings. The summed E-state index contributed by atoms with van der Waals surface area (Å²) in [5, 5.41) is 4.97. The molecule has 2 atom stereocenters. The maximum atomic E-state index is 12.3. The highest BCUT2D eigenvalue weighted by molar-refractivity contribution is 6.31. The van der Waals surface area contributed by atoms with E-state index in [2.05, 4.69) is 22.7 Å². The van der Waals surface area contributed by atoms with Crippen LogP contribution in [0.15, 0.2) is 59.7 Å². The largest absolute Gasteiger partial charge is 0.273 e. The first-order valence-electron chi connectivity index (χ1n) is 7.86. The average molecular weight is 327 g/mol. The first-order valence-corrected chi connectivity index (χ1v) is 8.24. The number of rotatable bonds is 5. The van der Waals surface area contributed by atoms with Crippen LogP contribution in [0, 0.1) is 5.92 Å². The Bertz CT molecular complexity index is 727. The minimum atomic E-state index is -0.00756. The van der Waals surface area contributed by atoms with Gasteiger partial charge in [-0.05, 0) is 42.0 Å². The molecule has 0 unspecified atom stereocenters. The molecule has 1 saturated carbocycles. The van der Waals surface area contributed by atoms with Gasteiger partial charge >= 0.3 is 0 Å². The first-order chi connectivity index (χ1) is 11.2. The minimum Gasteiger partial charge on any atom is -0.273 e. The smallest absolute Gasteiger partial charge is 0.243 e. The molecule has 4 heteroatoms. The van der Waals surface area contributed by atoms with Crippen molar-refractivity contribution in [2.45, 2.75) is 25.7 Å². The van der Waals surface area contributed by atoms with Gasteiger partial charge in [0.1, 0.15) is 0 Å². The van der Waals surface area contributed by atoms with Crippen molar-refractivity contribution in [2.24, 2.45) is 11.0 Å². The lowest BCUT2D eigenvalue weighted by Gasteiger charge is -2.06. The van der Waals surface area contributed by atoms with Crippen molar-refractivity contribution in [3.05, 3.63) is 70.7 Å². The second kappa shape index (κ2) is 6.97. The predicted octanol–water partition coefficient (Wildman–Crippen LogP) is 4.37. The normalized spacial score (nSPS) is 20.2. The predicted molar refractivity (Wildman–Crippen MR) is 93.7 cm³/mol. The highest BCUT2D eigenvalue weighted by Gasteiger charge is 2.43. The van der Waals surface area contributed by atoms with E-state index >= 15 is 0 Å². The van der Waals surface area contributed by atoms with Crippen molar-refractivity contribution in [3.63, 3.8) is 0 Å². The van der Waals surface area contributed by atoms with Crippen molar-refractivity contribution < 1.29 is 4.79 Å². The van der Waals surface area contributed by atoms with Crippen LogP contribution < -0.4 is 5.43 Å². The minimum absolute atomic E-state index is 0.00756. The summed E-state index contributed by atoms with van der Waals surface area (Å²) in [7, 11) is 0.